The topological polar surface area (TPSA) is 156 Å². The molecule has 0 saturated carbocycles. The lowest BCUT2D eigenvalue weighted by atomic mass is 9.86. The summed E-state index contributed by atoms with van der Waals surface area (Å²) in [5.41, 5.74) is 5.88. The molecule has 0 radical (unpaired) electrons. The number of rotatable bonds is 11. The number of carbonyl (C=O) groups is 2. The Kier molecular flexibility index (Phi) is 11.0. The molecule has 0 saturated heterocycles. The molecule has 10 heteroatoms. The number of H-pyrrole nitrogens is 2. The molecule has 0 fully saturated rings. The number of hydrogen-bond acceptors (Lipinski definition) is 6. The number of aromatic nitrogens is 4. The molecule has 6 N–H and O–H groups in total. The van der Waals surface area contributed by atoms with Crippen LogP contribution in [-0.4, -0.2) is 42.0 Å². The summed E-state index contributed by atoms with van der Waals surface area (Å²) in [7, 11) is 0. The zero-order valence-electron chi connectivity index (χ0n) is 31.5. The number of aromatic amines is 2. The normalized spacial score (nSPS) is 14.1. The summed E-state index contributed by atoms with van der Waals surface area (Å²) in [6.07, 6.45) is 0.949. The van der Waals surface area contributed by atoms with Gasteiger partial charge in [-0.3, -0.25) is 9.59 Å². The van der Waals surface area contributed by atoms with Crippen LogP contribution in [0.2, 0.25) is 0 Å². The van der Waals surface area contributed by atoms with Crippen LogP contribution in [0.15, 0.2) is 122 Å². The van der Waals surface area contributed by atoms with Gasteiger partial charge in [0.1, 0.15) is 11.6 Å². The number of nitrogens with one attached hydrogen (secondary N) is 4. The Bertz CT molecular complexity index is 2010. The zero-order valence-corrected chi connectivity index (χ0v) is 31.5. The van der Waals surface area contributed by atoms with E-state index in [4.69, 9.17) is 0 Å². The molecule has 2 aromatic heterocycles. The first-order chi connectivity index (χ1) is 25.7. The predicted molar refractivity (Wildman–Crippen MR) is 211 cm³/mol. The highest BCUT2D eigenvalue weighted by Crippen LogP contribution is 2.35. The molecule has 4 aromatic carbocycles. The van der Waals surface area contributed by atoms with E-state index in [-0.39, 0.29) is 10.8 Å². The lowest BCUT2D eigenvalue weighted by Crippen LogP contribution is -2.39. The highest BCUT2D eigenvalue weighted by molar-refractivity contribution is 5.83. The van der Waals surface area contributed by atoms with Crippen molar-refractivity contribution >= 4 is 11.8 Å². The van der Waals surface area contributed by atoms with Gasteiger partial charge in [-0.1, -0.05) is 151 Å². The molecular formula is C44H48N6O4. The second-order valence-corrected chi connectivity index (χ2v) is 15.8. The summed E-state index contributed by atoms with van der Waals surface area (Å²) in [5, 5.41) is 27.4. The Hall–Kier alpha value is -5.84. The highest BCUT2D eigenvalue weighted by Gasteiger charge is 2.34. The Morgan fingerprint density at radius 2 is 0.833 bits per heavy atom. The standard InChI is InChI=1S/C44H48N6O4/c1-43(2,3)37(49-41(53)35(51)31-13-9-7-10-14-31)39-45-25-33(47-39)29-21-17-27(18-22-29)28-19-23-30(24-20-28)34-26-46-40(48-34)38(44(4,5)6)50-42(54)36(52)32-15-11-8-12-16-32/h7-26,35-38,51-52H,1-6H3,(H,45,47)(H,46,48)(H,49,53)(H,50,54). The third kappa shape index (κ3) is 8.68. The molecule has 10 nitrogen and oxygen atoms in total. The largest absolute Gasteiger partial charge is 0.378 e. The van der Waals surface area contributed by atoms with E-state index in [0.29, 0.717) is 22.8 Å². The van der Waals surface area contributed by atoms with Crippen molar-refractivity contribution in [1.29, 1.82) is 0 Å². The van der Waals surface area contributed by atoms with E-state index in [1.54, 1.807) is 60.9 Å². The minimum Gasteiger partial charge on any atom is -0.378 e. The van der Waals surface area contributed by atoms with Crippen LogP contribution in [0.5, 0.6) is 0 Å². The van der Waals surface area contributed by atoms with Crippen molar-refractivity contribution in [2.45, 2.75) is 65.8 Å². The SMILES string of the molecule is CC(C)(C)C(NC(=O)C(O)c1ccccc1)c1ncc(-c2ccc(-c3ccc(-c4cnc(C(NC(=O)C(O)c5ccccc5)C(C)(C)C)[nH]4)cc3)cc2)[nH]1. The molecule has 0 aliphatic heterocycles. The average Bonchev–Trinajstić information content (AvgIpc) is 3.86. The van der Waals surface area contributed by atoms with E-state index in [9.17, 15) is 19.8 Å². The maximum absolute atomic E-state index is 13.1. The van der Waals surface area contributed by atoms with Crippen LogP contribution in [-0.2, 0) is 9.59 Å². The second-order valence-electron chi connectivity index (χ2n) is 15.8. The number of hydrogen-bond donors (Lipinski definition) is 6. The first kappa shape index (κ1) is 37.9. The van der Waals surface area contributed by atoms with Crippen molar-refractivity contribution in [3.8, 4) is 33.6 Å². The van der Waals surface area contributed by atoms with Gasteiger partial charge in [-0.15, -0.1) is 0 Å². The highest BCUT2D eigenvalue weighted by atomic mass is 16.3. The summed E-state index contributed by atoms with van der Waals surface area (Å²) in [5.74, 6) is 0.239. The Balaban J connectivity index is 1.13. The molecule has 2 heterocycles. The van der Waals surface area contributed by atoms with Gasteiger partial charge in [-0.2, -0.15) is 0 Å². The van der Waals surface area contributed by atoms with E-state index >= 15 is 0 Å². The van der Waals surface area contributed by atoms with Crippen LogP contribution in [0.25, 0.3) is 33.6 Å². The third-order valence-corrected chi connectivity index (χ3v) is 9.50. The molecule has 54 heavy (non-hydrogen) atoms. The van der Waals surface area contributed by atoms with E-state index in [1.807, 2.05) is 77.9 Å². The molecule has 0 bridgehead atoms. The van der Waals surface area contributed by atoms with E-state index in [0.717, 1.165) is 33.6 Å². The van der Waals surface area contributed by atoms with E-state index in [1.165, 1.54) is 0 Å². The number of imidazole rings is 2. The summed E-state index contributed by atoms with van der Waals surface area (Å²) in [6, 6.07) is 33.1. The van der Waals surface area contributed by atoms with Gasteiger partial charge in [-0.05, 0) is 44.2 Å². The summed E-state index contributed by atoms with van der Waals surface area (Å²) < 4.78 is 0. The molecular weight excluding hydrogens is 677 g/mol. The van der Waals surface area contributed by atoms with Gasteiger partial charge < -0.3 is 30.8 Å². The molecule has 6 rings (SSSR count). The van der Waals surface area contributed by atoms with Crippen molar-refractivity contribution in [1.82, 2.24) is 30.6 Å². The van der Waals surface area contributed by atoms with E-state index in [2.05, 4.69) is 54.8 Å². The molecule has 278 valence electrons. The van der Waals surface area contributed by atoms with Crippen molar-refractivity contribution in [2.24, 2.45) is 10.8 Å². The van der Waals surface area contributed by atoms with Crippen molar-refractivity contribution in [3.63, 3.8) is 0 Å². The van der Waals surface area contributed by atoms with Gasteiger partial charge >= 0.3 is 0 Å². The van der Waals surface area contributed by atoms with Crippen LogP contribution in [0, 0.1) is 10.8 Å². The number of benzene rings is 4. The monoisotopic (exact) mass is 724 g/mol. The van der Waals surface area contributed by atoms with Crippen LogP contribution in [0.4, 0.5) is 0 Å². The fourth-order valence-electron chi connectivity index (χ4n) is 6.35. The van der Waals surface area contributed by atoms with Gasteiger partial charge in [0.15, 0.2) is 12.2 Å². The van der Waals surface area contributed by atoms with Gasteiger partial charge in [0.2, 0.25) is 0 Å². The van der Waals surface area contributed by atoms with Crippen molar-refractivity contribution in [3.05, 3.63) is 144 Å². The summed E-state index contributed by atoms with van der Waals surface area (Å²) in [6.45, 7) is 12.1. The molecule has 4 unspecified atom stereocenters. The van der Waals surface area contributed by atoms with Crippen molar-refractivity contribution < 1.29 is 19.8 Å². The van der Waals surface area contributed by atoms with Crippen LogP contribution < -0.4 is 10.6 Å². The third-order valence-electron chi connectivity index (χ3n) is 9.50. The van der Waals surface area contributed by atoms with Gasteiger partial charge in [0.25, 0.3) is 11.8 Å². The minimum atomic E-state index is -1.29. The fraction of sp³-hybridized carbons (Fsp3) is 0.273. The first-order valence-corrected chi connectivity index (χ1v) is 18.1. The second kappa shape index (κ2) is 15.6. The number of aliphatic hydroxyl groups excluding tert-OH is 2. The molecule has 0 aliphatic rings. The first-order valence-electron chi connectivity index (χ1n) is 18.1. The number of aliphatic hydroxyl groups is 2. The zero-order chi connectivity index (χ0) is 38.6. The van der Waals surface area contributed by atoms with Crippen molar-refractivity contribution in [2.75, 3.05) is 0 Å². The van der Waals surface area contributed by atoms with E-state index < -0.39 is 36.1 Å². The lowest BCUT2D eigenvalue weighted by molar-refractivity contribution is -0.132. The maximum atomic E-state index is 13.1. The summed E-state index contributed by atoms with van der Waals surface area (Å²) in [4.78, 5) is 42.2. The predicted octanol–water partition coefficient (Wildman–Crippen LogP) is 8.01. The quantitative estimate of drug-likeness (QED) is 0.0795. The average molecular weight is 725 g/mol. The van der Waals surface area contributed by atoms with Crippen LogP contribution >= 0.6 is 0 Å². The Labute approximate surface area is 316 Å². The minimum absolute atomic E-state index is 0.384. The molecule has 0 aliphatic carbocycles. The number of nitrogens with zero attached hydrogens (tertiary/aromatic N) is 2. The molecule has 4 atom stereocenters. The Morgan fingerprint density at radius 3 is 1.15 bits per heavy atom. The maximum Gasteiger partial charge on any atom is 0.254 e. The lowest BCUT2D eigenvalue weighted by Gasteiger charge is -2.30. The van der Waals surface area contributed by atoms with Gasteiger partial charge in [0.05, 0.1) is 35.9 Å². The number of carbonyl (C=O) groups excluding carboxylic acids is 2. The van der Waals surface area contributed by atoms with Crippen LogP contribution in [0.1, 0.15) is 88.6 Å². The molecule has 0 spiro atoms. The fourth-order valence-corrected chi connectivity index (χ4v) is 6.35. The van der Waals surface area contributed by atoms with Crippen LogP contribution in [0.3, 0.4) is 0 Å². The molecule has 6 aromatic rings. The number of amides is 2. The smallest absolute Gasteiger partial charge is 0.254 e. The van der Waals surface area contributed by atoms with Gasteiger partial charge in [0, 0.05) is 0 Å². The Morgan fingerprint density at radius 1 is 0.519 bits per heavy atom. The van der Waals surface area contributed by atoms with Gasteiger partial charge in [-0.25, -0.2) is 9.97 Å². The molecule has 2 amide bonds. The summed E-state index contributed by atoms with van der Waals surface area (Å²) >= 11 is 0.